The zero-order valence-electron chi connectivity index (χ0n) is 14.3. The molecule has 0 radical (unpaired) electrons. The van der Waals surface area contributed by atoms with Gasteiger partial charge in [-0.2, -0.15) is 0 Å². The Balaban J connectivity index is 0.00000144. The topological polar surface area (TPSA) is 15.7 Å². The van der Waals surface area contributed by atoms with Gasteiger partial charge in [-0.3, -0.25) is 4.90 Å². The molecule has 0 N–H and O–H groups in total. The summed E-state index contributed by atoms with van der Waals surface area (Å²) in [4.78, 5) is 4.95. The van der Waals surface area contributed by atoms with Crippen LogP contribution in [-0.4, -0.2) is 38.2 Å². The average Bonchev–Trinajstić information content (AvgIpc) is 2.58. The SMILES string of the molecule is Br.Br.COc1ccccc1N1CCN(Cc2ccc(C)cc2)CC1. The van der Waals surface area contributed by atoms with Gasteiger partial charge in [0.2, 0.25) is 0 Å². The molecule has 1 heterocycles. The van der Waals surface area contributed by atoms with Crippen molar-refractivity contribution in [1.29, 1.82) is 0 Å². The lowest BCUT2D eigenvalue weighted by Gasteiger charge is -2.36. The van der Waals surface area contributed by atoms with Crippen LogP contribution in [0, 0.1) is 6.92 Å². The summed E-state index contributed by atoms with van der Waals surface area (Å²) in [6.45, 7) is 7.45. The Morgan fingerprint density at radius 1 is 0.875 bits per heavy atom. The van der Waals surface area contributed by atoms with Gasteiger partial charge in [0.05, 0.1) is 12.8 Å². The molecule has 0 bridgehead atoms. The van der Waals surface area contributed by atoms with Crippen LogP contribution in [0.1, 0.15) is 11.1 Å². The first-order valence-electron chi connectivity index (χ1n) is 7.92. The summed E-state index contributed by atoms with van der Waals surface area (Å²) < 4.78 is 5.48. The lowest BCUT2D eigenvalue weighted by molar-refractivity contribution is 0.249. The Kier molecular flexibility index (Phi) is 8.81. The summed E-state index contributed by atoms with van der Waals surface area (Å²) >= 11 is 0. The molecule has 2 aromatic rings. The molecular weight excluding hydrogens is 432 g/mol. The minimum Gasteiger partial charge on any atom is -0.495 e. The lowest BCUT2D eigenvalue weighted by Crippen LogP contribution is -2.46. The summed E-state index contributed by atoms with van der Waals surface area (Å²) in [7, 11) is 1.74. The molecule has 0 saturated carbocycles. The van der Waals surface area contributed by atoms with Gasteiger partial charge in [0.1, 0.15) is 5.75 Å². The molecule has 0 aliphatic carbocycles. The van der Waals surface area contributed by atoms with E-state index in [9.17, 15) is 0 Å². The van der Waals surface area contributed by atoms with Gasteiger partial charge < -0.3 is 9.64 Å². The maximum atomic E-state index is 5.48. The molecule has 24 heavy (non-hydrogen) atoms. The van der Waals surface area contributed by atoms with E-state index in [0.717, 1.165) is 38.5 Å². The summed E-state index contributed by atoms with van der Waals surface area (Å²) in [6, 6.07) is 17.2. The Bertz CT molecular complexity index is 611. The number of hydrogen-bond acceptors (Lipinski definition) is 3. The first-order chi connectivity index (χ1) is 10.8. The monoisotopic (exact) mass is 456 g/mol. The number of piperazine rings is 1. The number of methoxy groups -OCH3 is 1. The quantitative estimate of drug-likeness (QED) is 0.672. The average molecular weight is 458 g/mol. The molecule has 132 valence electrons. The van der Waals surface area contributed by atoms with Crippen LogP contribution in [0.5, 0.6) is 5.75 Å². The molecule has 0 aromatic heterocycles. The minimum absolute atomic E-state index is 0. The van der Waals surface area contributed by atoms with E-state index < -0.39 is 0 Å². The lowest BCUT2D eigenvalue weighted by atomic mass is 10.1. The van der Waals surface area contributed by atoms with Crippen LogP contribution in [0.4, 0.5) is 5.69 Å². The highest BCUT2D eigenvalue weighted by atomic mass is 79.9. The van der Waals surface area contributed by atoms with Crippen molar-refractivity contribution in [2.24, 2.45) is 0 Å². The molecule has 0 atom stereocenters. The van der Waals surface area contributed by atoms with Crippen LogP contribution in [0.25, 0.3) is 0 Å². The molecule has 3 nitrogen and oxygen atoms in total. The Labute approximate surface area is 166 Å². The number of ether oxygens (including phenoxy) is 1. The summed E-state index contributed by atoms with van der Waals surface area (Å²) in [5, 5.41) is 0. The van der Waals surface area contributed by atoms with Gasteiger partial charge in [-0.15, -0.1) is 34.0 Å². The first-order valence-corrected chi connectivity index (χ1v) is 7.92. The highest BCUT2D eigenvalue weighted by Crippen LogP contribution is 2.28. The smallest absolute Gasteiger partial charge is 0.142 e. The second kappa shape index (κ2) is 10.1. The van der Waals surface area contributed by atoms with E-state index in [1.807, 2.05) is 12.1 Å². The molecule has 1 saturated heterocycles. The van der Waals surface area contributed by atoms with Crippen LogP contribution >= 0.6 is 34.0 Å². The second-order valence-corrected chi connectivity index (χ2v) is 5.92. The van der Waals surface area contributed by atoms with Gasteiger partial charge in [0.15, 0.2) is 0 Å². The number of anilines is 1. The molecule has 2 aromatic carbocycles. The van der Waals surface area contributed by atoms with Gasteiger partial charge in [-0.25, -0.2) is 0 Å². The molecule has 0 unspecified atom stereocenters. The van der Waals surface area contributed by atoms with Crippen LogP contribution in [0.3, 0.4) is 0 Å². The third-order valence-electron chi connectivity index (χ3n) is 4.32. The fourth-order valence-corrected chi connectivity index (χ4v) is 2.99. The number of para-hydroxylation sites is 2. The number of nitrogens with zero attached hydrogens (tertiary/aromatic N) is 2. The molecule has 1 aliphatic heterocycles. The van der Waals surface area contributed by atoms with E-state index in [2.05, 4.69) is 53.1 Å². The van der Waals surface area contributed by atoms with E-state index in [1.165, 1.54) is 16.8 Å². The predicted octanol–water partition coefficient (Wildman–Crippen LogP) is 4.48. The van der Waals surface area contributed by atoms with Crippen molar-refractivity contribution in [1.82, 2.24) is 4.90 Å². The largest absolute Gasteiger partial charge is 0.495 e. The van der Waals surface area contributed by atoms with Crippen molar-refractivity contribution in [2.75, 3.05) is 38.2 Å². The normalized spacial score (nSPS) is 14.5. The fraction of sp³-hybridized carbons (Fsp3) is 0.368. The van der Waals surface area contributed by atoms with Gasteiger partial charge in [-0.1, -0.05) is 42.0 Å². The Morgan fingerprint density at radius 3 is 2.12 bits per heavy atom. The van der Waals surface area contributed by atoms with Gasteiger partial charge >= 0.3 is 0 Å². The van der Waals surface area contributed by atoms with Crippen LogP contribution in [-0.2, 0) is 6.54 Å². The molecule has 1 fully saturated rings. The van der Waals surface area contributed by atoms with Crippen molar-refractivity contribution < 1.29 is 4.74 Å². The van der Waals surface area contributed by atoms with Crippen LogP contribution in [0.15, 0.2) is 48.5 Å². The second-order valence-electron chi connectivity index (χ2n) is 5.92. The maximum Gasteiger partial charge on any atom is 0.142 e. The van der Waals surface area contributed by atoms with E-state index >= 15 is 0 Å². The van der Waals surface area contributed by atoms with Crippen molar-refractivity contribution in [3.05, 3.63) is 59.7 Å². The predicted molar refractivity (Wildman–Crippen MR) is 112 cm³/mol. The van der Waals surface area contributed by atoms with Crippen LogP contribution < -0.4 is 9.64 Å². The van der Waals surface area contributed by atoms with E-state index in [1.54, 1.807) is 7.11 Å². The molecule has 0 amide bonds. The third kappa shape index (κ3) is 5.23. The molecular formula is C19H26Br2N2O. The van der Waals surface area contributed by atoms with E-state index in [-0.39, 0.29) is 34.0 Å². The summed E-state index contributed by atoms with van der Waals surface area (Å²) in [5.41, 5.74) is 3.93. The van der Waals surface area contributed by atoms with E-state index in [4.69, 9.17) is 4.74 Å². The Hall–Kier alpha value is -1.04. The summed E-state index contributed by atoms with van der Waals surface area (Å²) in [6.07, 6.45) is 0. The minimum atomic E-state index is 0. The molecule has 1 aliphatic rings. The molecule has 3 rings (SSSR count). The van der Waals surface area contributed by atoms with Crippen LogP contribution in [0.2, 0.25) is 0 Å². The number of aryl methyl sites for hydroxylation is 1. The van der Waals surface area contributed by atoms with Gasteiger partial charge in [-0.05, 0) is 24.6 Å². The zero-order valence-corrected chi connectivity index (χ0v) is 17.7. The highest BCUT2D eigenvalue weighted by Gasteiger charge is 2.19. The number of hydrogen-bond donors (Lipinski definition) is 0. The Morgan fingerprint density at radius 2 is 1.50 bits per heavy atom. The standard InChI is InChI=1S/C19H24N2O.2BrH/c1-16-7-9-17(10-8-16)15-20-11-13-21(14-12-20)18-5-3-4-6-19(18)22-2;;/h3-10H,11-15H2,1-2H3;2*1H. The maximum absolute atomic E-state index is 5.48. The fourth-order valence-electron chi connectivity index (χ4n) is 2.99. The van der Waals surface area contributed by atoms with Crippen molar-refractivity contribution in [3.8, 4) is 5.75 Å². The first kappa shape index (κ1) is 21.0. The van der Waals surface area contributed by atoms with Crippen molar-refractivity contribution in [2.45, 2.75) is 13.5 Å². The molecule has 0 spiro atoms. The van der Waals surface area contributed by atoms with Crippen molar-refractivity contribution >= 4 is 39.7 Å². The van der Waals surface area contributed by atoms with Crippen molar-refractivity contribution in [3.63, 3.8) is 0 Å². The third-order valence-corrected chi connectivity index (χ3v) is 4.32. The number of rotatable bonds is 4. The number of halogens is 2. The van der Waals surface area contributed by atoms with Gasteiger partial charge in [0.25, 0.3) is 0 Å². The summed E-state index contributed by atoms with van der Waals surface area (Å²) in [5.74, 6) is 0.967. The molecule has 5 heteroatoms. The van der Waals surface area contributed by atoms with E-state index in [0.29, 0.717) is 0 Å². The number of benzene rings is 2. The highest BCUT2D eigenvalue weighted by molar-refractivity contribution is 8.93. The van der Waals surface area contributed by atoms with Gasteiger partial charge in [0, 0.05) is 32.7 Å². The zero-order chi connectivity index (χ0) is 15.4.